The van der Waals surface area contributed by atoms with Gasteiger partial charge in [-0.2, -0.15) is 0 Å². The van der Waals surface area contributed by atoms with Crippen molar-refractivity contribution in [2.45, 2.75) is 25.3 Å². The summed E-state index contributed by atoms with van der Waals surface area (Å²) in [6.07, 6.45) is 2.05. The summed E-state index contributed by atoms with van der Waals surface area (Å²) in [5.41, 5.74) is 6.37. The van der Waals surface area contributed by atoms with Gasteiger partial charge in [-0.3, -0.25) is 4.79 Å². The maximum Gasteiger partial charge on any atom is 0.254 e. The predicted octanol–water partition coefficient (Wildman–Crippen LogP) is 1.64. The van der Waals surface area contributed by atoms with Gasteiger partial charge in [0.15, 0.2) is 0 Å². The lowest BCUT2D eigenvalue weighted by Gasteiger charge is -2.34. The minimum Gasteiger partial charge on any atom is -0.332 e. The molecule has 0 aromatic heterocycles. The van der Waals surface area contributed by atoms with Crippen LogP contribution >= 0.6 is 0 Å². The van der Waals surface area contributed by atoms with Crippen molar-refractivity contribution < 1.29 is 4.79 Å². The third kappa shape index (κ3) is 1.83. The van der Waals surface area contributed by atoms with Gasteiger partial charge in [0, 0.05) is 18.7 Å². The molecule has 1 aromatic carbocycles. The smallest absolute Gasteiger partial charge is 0.254 e. The van der Waals surface area contributed by atoms with Crippen LogP contribution in [0.3, 0.4) is 0 Å². The summed E-state index contributed by atoms with van der Waals surface area (Å²) >= 11 is 0. The quantitative estimate of drug-likeness (QED) is 0.820. The zero-order valence-electron chi connectivity index (χ0n) is 9.65. The SMILES string of the molecule is CC1(CN)CCCN1C(=O)c1ccccc1. The number of rotatable bonds is 2. The highest BCUT2D eigenvalue weighted by atomic mass is 16.2. The third-order valence-electron chi connectivity index (χ3n) is 3.45. The van der Waals surface area contributed by atoms with Gasteiger partial charge in [0.2, 0.25) is 0 Å². The second-order valence-electron chi connectivity index (χ2n) is 4.63. The summed E-state index contributed by atoms with van der Waals surface area (Å²) in [6, 6.07) is 9.42. The van der Waals surface area contributed by atoms with Crippen LogP contribution in [0.15, 0.2) is 30.3 Å². The molecule has 16 heavy (non-hydrogen) atoms. The van der Waals surface area contributed by atoms with Crippen molar-refractivity contribution in [3.05, 3.63) is 35.9 Å². The van der Waals surface area contributed by atoms with Gasteiger partial charge in [-0.25, -0.2) is 0 Å². The Kier molecular flexibility index (Phi) is 2.97. The molecule has 1 aliphatic rings. The average Bonchev–Trinajstić information content (AvgIpc) is 2.72. The van der Waals surface area contributed by atoms with Gasteiger partial charge in [0.05, 0.1) is 5.54 Å². The number of carbonyl (C=O) groups excluding carboxylic acids is 1. The fraction of sp³-hybridized carbons (Fsp3) is 0.462. The van der Waals surface area contributed by atoms with E-state index < -0.39 is 0 Å². The lowest BCUT2D eigenvalue weighted by atomic mass is 9.98. The lowest BCUT2D eigenvalue weighted by molar-refractivity contribution is 0.0637. The molecule has 0 aliphatic carbocycles. The van der Waals surface area contributed by atoms with Crippen LogP contribution in [-0.2, 0) is 0 Å². The number of likely N-dealkylation sites (tertiary alicyclic amines) is 1. The van der Waals surface area contributed by atoms with E-state index in [4.69, 9.17) is 5.73 Å². The number of hydrogen-bond donors (Lipinski definition) is 1. The molecule has 1 amide bonds. The molecule has 0 spiro atoms. The molecule has 1 heterocycles. The molecule has 1 unspecified atom stereocenters. The first-order valence-corrected chi connectivity index (χ1v) is 5.74. The molecule has 2 rings (SSSR count). The molecule has 0 radical (unpaired) electrons. The van der Waals surface area contributed by atoms with Crippen LogP contribution in [0.2, 0.25) is 0 Å². The number of hydrogen-bond acceptors (Lipinski definition) is 2. The lowest BCUT2D eigenvalue weighted by Crippen LogP contribution is -2.50. The summed E-state index contributed by atoms with van der Waals surface area (Å²) in [6.45, 7) is 3.42. The van der Waals surface area contributed by atoms with Crippen LogP contribution in [0.25, 0.3) is 0 Å². The molecule has 3 heteroatoms. The maximum absolute atomic E-state index is 12.3. The van der Waals surface area contributed by atoms with Crippen LogP contribution in [0.1, 0.15) is 30.1 Å². The van der Waals surface area contributed by atoms with Gasteiger partial charge < -0.3 is 10.6 Å². The number of nitrogens with zero attached hydrogens (tertiary/aromatic N) is 1. The Labute approximate surface area is 96.2 Å². The van der Waals surface area contributed by atoms with Crippen molar-refractivity contribution in [1.82, 2.24) is 4.90 Å². The van der Waals surface area contributed by atoms with E-state index in [0.717, 1.165) is 24.9 Å². The topological polar surface area (TPSA) is 46.3 Å². The highest BCUT2D eigenvalue weighted by molar-refractivity contribution is 5.94. The fourth-order valence-corrected chi connectivity index (χ4v) is 2.32. The van der Waals surface area contributed by atoms with Gasteiger partial charge in [0.25, 0.3) is 5.91 Å². The molecule has 0 bridgehead atoms. The van der Waals surface area contributed by atoms with Gasteiger partial charge in [-0.05, 0) is 31.9 Å². The Morgan fingerprint density at radius 1 is 1.44 bits per heavy atom. The van der Waals surface area contributed by atoms with Crippen molar-refractivity contribution in [2.75, 3.05) is 13.1 Å². The summed E-state index contributed by atoms with van der Waals surface area (Å²) in [7, 11) is 0. The van der Waals surface area contributed by atoms with Crippen LogP contribution in [0, 0.1) is 0 Å². The Hall–Kier alpha value is -1.35. The van der Waals surface area contributed by atoms with Crippen LogP contribution < -0.4 is 5.73 Å². The number of amides is 1. The summed E-state index contributed by atoms with van der Waals surface area (Å²) < 4.78 is 0. The average molecular weight is 218 g/mol. The first-order valence-electron chi connectivity index (χ1n) is 5.74. The first kappa shape index (κ1) is 11.1. The van der Waals surface area contributed by atoms with Crippen molar-refractivity contribution >= 4 is 5.91 Å². The van der Waals surface area contributed by atoms with E-state index in [1.807, 2.05) is 35.2 Å². The molecule has 2 N–H and O–H groups in total. The molecule has 1 saturated heterocycles. The predicted molar refractivity (Wildman–Crippen MR) is 64.2 cm³/mol. The van der Waals surface area contributed by atoms with Crippen LogP contribution in [0.4, 0.5) is 0 Å². The Morgan fingerprint density at radius 3 is 2.75 bits per heavy atom. The van der Waals surface area contributed by atoms with Gasteiger partial charge in [-0.15, -0.1) is 0 Å². The number of benzene rings is 1. The van der Waals surface area contributed by atoms with Crippen molar-refractivity contribution in [3.8, 4) is 0 Å². The van der Waals surface area contributed by atoms with E-state index in [9.17, 15) is 4.79 Å². The highest BCUT2D eigenvalue weighted by Gasteiger charge is 2.38. The molecular weight excluding hydrogens is 200 g/mol. The summed E-state index contributed by atoms with van der Waals surface area (Å²) in [5.74, 6) is 0.103. The first-order chi connectivity index (χ1) is 7.67. The van der Waals surface area contributed by atoms with E-state index in [1.165, 1.54) is 0 Å². The minimum atomic E-state index is -0.160. The summed E-state index contributed by atoms with van der Waals surface area (Å²) in [4.78, 5) is 14.2. The highest BCUT2D eigenvalue weighted by Crippen LogP contribution is 2.29. The van der Waals surface area contributed by atoms with E-state index in [1.54, 1.807) is 0 Å². The molecule has 86 valence electrons. The van der Waals surface area contributed by atoms with Gasteiger partial charge in [-0.1, -0.05) is 18.2 Å². The van der Waals surface area contributed by atoms with E-state index >= 15 is 0 Å². The second kappa shape index (κ2) is 4.26. The van der Waals surface area contributed by atoms with Crippen molar-refractivity contribution in [3.63, 3.8) is 0 Å². The van der Waals surface area contributed by atoms with E-state index in [0.29, 0.717) is 6.54 Å². The zero-order chi connectivity index (χ0) is 11.6. The molecule has 3 nitrogen and oxygen atoms in total. The molecule has 1 fully saturated rings. The standard InChI is InChI=1S/C13H18N2O/c1-13(10-14)8-5-9-15(13)12(16)11-6-3-2-4-7-11/h2-4,6-7H,5,8-10,14H2,1H3. The molecular formula is C13H18N2O. The molecule has 1 atom stereocenters. The second-order valence-corrected chi connectivity index (χ2v) is 4.63. The largest absolute Gasteiger partial charge is 0.332 e. The normalized spacial score (nSPS) is 24.8. The fourth-order valence-electron chi connectivity index (χ4n) is 2.32. The van der Waals surface area contributed by atoms with Crippen LogP contribution in [-0.4, -0.2) is 29.4 Å². The molecule has 1 aromatic rings. The van der Waals surface area contributed by atoms with Crippen molar-refractivity contribution in [2.24, 2.45) is 5.73 Å². The summed E-state index contributed by atoms with van der Waals surface area (Å²) in [5, 5.41) is 0. The van der Waals surface area contributed by atoms with Crippen LogP contribution in [0.5, 0.6) is 0 Å². The number of nitrogens with two attached hydrogens (primary N) is 1. The maximum atomic E-state index is 12.3. The monoisotopic (exact) mass is 218 g/mol. The molecule has 0 saturated carbocycles. The van der Waals surface area contributed by atoms with Crippen molar-refractivity contribution in [1.29, 1.82) is 0 Å². The Morgan fingerprint density at radius 2 is 2.12 bits per heavy atom. The Bertz CT molecular complexity index is 377. The zero-order valence-corrected chi connectivity index (χ0v) is 9.65. The van der Waals surface area contributed by atoms with E-state index in [-0.39, 0.29) is 11.4 Å². The van der Waals surface area contributed by atoms with Gasteiger partial charge >= 0.3 is 0 Å². The van der Waals surface area contributed by atoms with E-state index in [2.05, 4.69) is 6.92 Å². The molecule has 1 aliphatic heterocycles. The third-order valence-corrected chi connectivity index (χ3v) is 3.45. The Balaban J connectivity index is 2.23. The van der Waals surface area contributed by atoms with Gasteiger partial charge in [0.1, 0.15) is 0 Å². The number of carbonyl (C=O) groups is 1. The minimum absolute atomic E-state index is 0.103.